The number of rotatable bonds is 2. The molecule has 104 valence electrons. The lowest BCUT2D eigenvalue weighted by Crippen LogP contribution is -2.45. The molecule has 4 nitrogen and oxygen atoms in total. The summed E-state index contributed by atoms with van der Waals surface area (Å²) >= 11 is 0. The van der Waals surface area contributed by atoms with Crippen molar-refractivity contribution < 1.29 is 9.53 Å². The van der Waals surface area contributed by atoms with Crippen LogP contribution >= 0.6 is 0 Å². The molecule has 2 rings (SSSR count). The number of methoxy groups -OCH3 is 1. The predicted molar refractivity (Wildman–Crippen MR) is 76.3 cm³/mol. The molecule has 1 saturated heterocycles. The number of likely N-dealkylation sites (tertiary alicyclic amines) is 1. The predicted octanol–water partition coefficient (Wildman–Crippen LogP) is 2.54. The van der Waals surface area contributed by atoms with Crippen molar-refractivity contribution in [3.63, 3.8) is 0 Å². The number of amides is 1. The first kappa shape index (κ1) is 13.7. The maximum atomic E-state index is 12.6. The van der Waals surface area contributed by atoms with E-state index in [0.29, 0.717) is 22.9 Å². The van der Waals surface area contributed by atoms with E-state index in [-0.39, 0.29) is 11.9 Å². The lowest BCUT2D eigenvalue weighted by atomic mass is 9.94. The smallest absolute Gasteiger partial charge is 0.256 e. The summed E-state index contributed by atoms with van der Waals surface area (Å²) in [5.74, 6) is 1.22. The number of hydrogen-bond acceptors (Lipinski definition) is 3. The van der Waals surface area contributed by atoms with Crippen LogP contribution in [0.15, 0.2) is 18.2 Å². The highest BCUT2D eigenvalue weighted by molar-refractivity contribution is 5.99. The zero-order valence-electron chi connectivity index (χ0n) is 11.8. The number of nitrogens with zero attached hydrogens (tertiary/aromatic N) is 1. The Morgan fingerprint density at radius 2 is 2.11 bits per heavy atom. The van der Waals surface area contributed by atoms with Gasteiger partial charge in [0.1, 0.15) is 5.75 Å². The average molecular weight is 262 g/mol. The minimum absolute atomic E-state index is 0.00968. The monoisotopic (exact) mass is 262 g/mol. The Balaban J connectivity index is 2.27. The maximum Gasteiger partial charge on any atom is 0.256 e. The number of carbonyl (C=O) groups is 1. The molecule has 1 amide bonds. The topological polar surface area (TPSA) is 55.6 Å². The maximum absolute atomic E-state index is 12.6. The summed E-state index contributed by atoms with van der Waals surface area (Å²) < 4.78 is 5.17. The van der Waals surface area contributed by atoms with Gasteiger partial charge in [-0.15, -0.1) is 0 Å². The molecule has 1 aromatic rings. The van der Waals surface area contributed by atoms with E-state index in [4.69, 9.17) is 10.5 Å². The number of anilines is 1. The molecular weight excluding hydrogens is 240 g/mol. The largest absolute Gasteiger partial charge is 0.497 e. The van der Waals surface area contributed by atoms with Crippen LogP contribution in [0.3, 0.4) is 0 Å². The summed E-state index contributed by atoms with van der Waals surface area (Å²) in [6.07, 6.45) is 2.23. The van der Waals surface area contributed by atoms with Crippen molar-refractivity contribution in [2.45, 2.75) is 32.7 Å². The lowest BCUT2D eigenvalue weighted by Gasteiger charge is -2.37. The van der Waals surface area contributed by atoms with Crippen molar-refractivity contribution in [2.24, 2.45) is 5.92 Å². The van der Waals surface area contributed by atoms with Gasteiger partial charge in [0, 0.05) is 18.3 Å². The Morgan fingerprint density at radius 1 is 1.37 bits per heavy atom. The minimum Gasteiger partial charge on any atom is -0.497 e. The van der Waals surface area contributed by atoms with Gasteiger partial charge in [0.15, 0.2) is 0 Å². The van der Waals surface area contributed by atoms with Gasteiger partial charge >= 0.3 is 0 Å². The van der Waals surface area contributed by atoms with Gasteiger partial charge in [0.05, 0.1) is 12.7 Å². The van der Waals surface area contributed by atoms with Crippen LogP contribution in [0, 0.1) is 5.92 Å². The summed E-state index contributed by atoms with van der Waals surface area (Å²) in [6.45, 7) is 5.08. The quantitative estimate of drug-likeness (QED) is 0.833. The molecule has 2 atom stereocenters. The normalized spacial score (nSPS) is 23.2. The van der Waals surface area contributed by atoms with Gasteiger partial charge in [-0.1, -0.05) is 6.92 Å². The van der Waals surface area contributed by atoms with Crippen LogP contribution in [0.4, 0.5) is 5.69 Å². The van der Waals surface area contributed by atoms with E-state index in [2.05, 4.69) is 13.8 Å². The Labute approximate surface area is 114 Å². The van der Waals surface area contributed by atoms with E-state index >= 15 is 0 Å². The number of nitrogens with two attached hydrogens (primary N) is 1. The van der Waals surface area contributed by atoms with Crippen LogP contribution < -0.4 is 10.5 Å². The van der Waals surface area contributed by atoms with Crippen molar-refractivity contribution in [3.8, 4) is 5.75 Å². The first-order valence-electron chi connectivity index (χ1n) is 6.77. The van der Waals surface area contributed by atoms with Gasteiger partial charge in [-0.05, 0) is 43.9 Å². The first-order chi connectivity index (χ1) is 9.02. The van der Waals surface area contributed by atoms with Crippen LogP contribution in [0.5, 0.6) is 5.75 Å². The lowest BCUT2D eigenvalue weighted by molar-refractivity contribution is 0.0575. The Morgan fingerprint density at radius 3 is 2.79 bits per heavy atom. The summed E-state index contributed by atoms with van der Waals surface area (Å²) in [7, 11) is 1.59. The SMILES string of the molecule is COc1ccc(N)c(C(=O)N2CC(C)CCC2C)c1. The molecule has 0 aromatic heterocycles. The molecule has 19 heavy (non-hydrogen) atoms. The fraction of sp³-hybridized carbons (Fsp3) is 0.533. The molecule has 1 aromatic carbocycles. The van der Waals surface area contributed by atoms with Crippen LogP contribution in [0.1, 0.15) is 37.0 Å². The zero-order chi connectivity index (χ0) is 14.0. The third-order valence-electron chi connectivity index (χ3n) is 3.87. The minimum atomic E-state index is 0.00968. The molecule has 1 heterocycles. The Kier molecular flexibility index (Phi) is 3.98. The number of ether oxygens (including phenoxy) is 1. The molecule has 2 N–H and O–H groups in total. The highest BCUT2D eigenvalue weighted by Gasteiger charge is 2.28. The molecule has 1 fully saturated rings. The highest BCUT2D eigenvalue weighted by Crippen LogP contribution is 2.26. The van der Waals surface area contributed by atoms with Gasteiger partial charge in [-0.25, -0.2) is 0 Å². The second-order valence-corrected chi connectivity index (χ2v) is 5.44. The van der Waals surface area contributed by atoms with Gasteiger partial charge < -0.3 is 15.4 Å². The third-order valence-corrected chi connectivity index (χ3v) is 3.87. The van der Waals surface area contributed by atoms with Gasteiger partial charge in [0.2, 0.25) is 0 Å². The molecule has 0 bridgehead atoms. The molecule has 0 aliphatic carbocycles. The van der Waals surface area contributed by atoms with Crippen LogP contribution in [0.2, 0.25) is 0 Å². The molecular formula is C15H22N2O2. The molecule has 1 aliphatic rings. The van der Waals surface area contributed by atoms with E-state index < -0.39 is 0 Å². The van der Waals surface area contributed by atoms with E-state index in [0.717, 1.165) is 13.0 Å². The molecule has 4 heteroatoms. The highest BCUT2D eigenvalue weighted by atomic mass is 16.5. The van der Waals surface area contributed by atoms with E-state index in [9.17, 15) is 4.79 Å². The summed E-state index contributed by atoms with van der Waals surface area (Å²) in [5, 5.41) is 0. The Hall–Kier alpha value is -1.71. The number of hydrogen-bond donors (Lipinski definition) is 1. The van der Waals surface area contributed by atoms with E-state index in [1.807, 2.05) is 4.90 Å². The van der Waals surface area contributed by atoms with E-state index in [1.54, 1.807) is 25.3 Å². The number of piperidine rings is 1. The fourth-order valence-electron chi connectivity index (χ4n) is 2.57. The molecule has 0 radical (unpaired) electrons. The van der Waals surface area contributed by atoms with Crippen LogP contribution in [-0.4, -0.2) is 30.5 Å². The molecule has 1 aliphatic heterocycles. The summed E-state index contributed by atoms with van der Waals surface area (Å²) in [5.41, 5.74) is 6.98. The van der Waals surface area contributed by atoms with Crippen molar-refractivity contribution >= 4 is 11.6 Å². The number of benzene rings is 1. The van der Waals surface area contributed by atoms with Crippen molar-refractivity contribution in [2.75, 3.05) is 19.4 Å². The van der Waals surface area contributed by atoms with Gasteiger partial charge in [-0.2, -0.15) is 0 Å². The molecule has 2 unspecified atom stereocenters. The second kappa shape index (κ2) is 5.51. The number of carbonyl (C=O) groups excluding carboxylic acids is 1. The standard InChI is InChI=1S/C15H22N2O2/c1-10-4-5-11(2)17(9-10)15(18)13-8-12(19-3)6-7-14(13)16/h6-8,10-11H,4-5,9,16H2,1-3H3. The van der Waals surface area contributed by atoms with Crippen LogP contribution in [-0.2, 0) is 0 Å². The Bertz CT molecular complexity index is 473. The van der Waals surface area contributed by atoms with Crippen LogP contribution in [0.25, 0.3) is 0 Å². The summed E-state index contributed by atoms with van der Waals surface area (Å²) in [6, 6.07) is 5.50. The van der Waals surface area contributed by atoms with E-state index in [1.165, 1.54) is 6.42 Å². The molecule has 0 spiro atoms. The van der Waals surface area contributed by atoms with Gasteiger partial charge in [-0.3, -0.25) is 4.79 Å². The first-order valence-corrected chi connectivity index (χ1v) is 6.77. The van der Waals surface area contributed by atoms with Crippen molar-refractivity contribution in [3.05, 3.63) is 23.8 Å². The number of nitrogen functional groups attached to an aromatic ring is 1. The average Bonchev–Trinajstić information content (AvgIpc) is 2.41. The van der Waals surface area contributed by atoms with Crippen molar-refractivity contribution in [1.82, 2.24) is 4.90 Å². The summed E-state index contributed by atoms with van der Waals surface area (Å²) in [4.78, 5) is 14.6. The van der Waals surface area contributed by atoms with Crippen molar-refractivity contribution in [1.29, 1.82) is 0 Å². The third kappa shape index (κ3) is 2.83. The van der Waals surface area contributed by atoms with Gasteiger partial charge in [0.25, 0.3) is 5.91 Å². The molecule has 0 saturated carbocycles. The second-order valence-electron chi connectivity index (χ2n) is 5.44. The fourth-order valence-corrected chi connectivity index (χ4v) is 2.57. The zero-order valence-corrected chi connectivity index (χ0v) is 11.8.